The zero-order valence-electron chi connectivity index (χ0n) is 10.9. The fourth-order valence-corrected chi connectivity index (χ4v) is 1.88. The molecule has 0 aliphatic rings. The number of hydrogen-bond acceptors (Lipinski definition) is 3. The van der Waals surface area contributed by atoms with Gasteiger partial charge in [0.25, 0.3) is 0 Å². The van der Waals surface area contributed by atoms with Crippen molar-refractivity contribution in [3.63, 3.8) is 0 Å². The van der Waals surface area contributed by atoms with E-state index in [-0.39, 0.29) is 0 Å². The molecule has 0 saturated heterocycles. The highest BCUT2D eigenvalue weighted by molar-refractivity contribution is 5.52. The van der Waals surface area contributed by atoms with Crippen molar-refractivity contribution in [2.75, 3.05) is 17.2 Å². The summed E-state index contributed by atoms with van der Waals surface area (Å²) in [6.07, 6.45) is 1.73. The van der Waals surface area contributed by atoms with Gasteiger partial charge in [0.1, 0.15) is 5.82 Å². The van der Waals surface area contributed by atoms with E-state index in [1.165, 1.54) is 5.56 Å². The average Bonchev–Trinajstić information content (AvgIpc) is 2.40. The normalized spacial score (nSPS) is 10.3. The molecule has 0 aliphatic carbocycles. The zero-order valence-corrected chi connectivity index (χ0v) is 10.9. The number of nitrogens with zero attached hydrogens (tertiary/aromatic N) is 2. The van der Waals surface area contributed by atoms with E-state index in [4.69, 9.17) is 5.73 Å². The lowest BCUT2D eigenvalue weighted by Crippen LogP contribution is -2.23. The van der Waals surface area contributed by atoms with Crippen LogP contribution in [0.3, 0.4) is 0 Å². The van der Waals surface area contributed by atoms with E-state index in [9.17, 15) is 0 Å². The van der Waals surface area contributed by atoms with Gasteiger partial charge in [-0.25, -0.2) is 4.98 Å². The summed E-state index contributed by atoms with van der Waals surface area (Å²) in [5.41, 5.74) is 8.91. The van der Waals surface area contributed by atoms with Crippen molar-refractivity contribution in [2.45, 2.75) is 20.4 Å². The fourth-order valence-electron chi connectivity index (χ4n) is 1.88. The predicted molar refractivity (Wildman–Crippen MR) is 76.6 cm³/mol. The standard InChI is InChI=1S/C15H19N3/c1-3-18(11-13-7-5-4-6-8-13)15-9-12(2)14(16)10-17-15/h4-10H,3,11,16H2,1-2H3. The third kappa shape index (κ3) is 2.80. The first kappa shape index (κ1) is 12.4. The van der Waals surface area contributed by atoms with Gasteiger partial charge in [-0.15, -0.1) is 0 Å². The molecule has 1 heterocycles. The lowest BCUT2D eigenvalue weighted by molar-refractivity contribution is 0.813. The number of nitrogen functional groups attached to an aromatic ring is 1. The van der Waals surface area contributed by atoms with E-state index in [0.29, 0.717) is 0 Å². The Morgan fingerprint density at radius 2 is 1.94 bits per heavy atom. The molecule has 0 radical (unpaired) electrons. The second-order valence-corrected chi connectivity index (χ2v) is 4.40. The summed E-state index contributed by atoms with van der Waals surface area (Å²) in [4.78, 5) is 6.65. The Morgan fingerprint density at radius 1 is 1.22 bits per heavy atom. The van der Waals surface area contributed by atoms with Crippen molar-refractivity contribution in [1.29, 1.82) is 0 Å². The molecule has 1 aromatic carbocycles. The topological polar surface area (TPSA) is 42.1 Å². The Balaban J connectivity index is 2.20. The maximum absolute atomic E-state index is 5.80. The van der Waals surface area contributed by atoms with Crippen LogP contribution in [-0.4, -0.2) is 11.5 Å². The molecule has 3 nitrogen and oxygen atoms in total. The van der Waals surface area contributed by atoms with Crippen LogP contribution < -0.4 is 10.6 Å². The number of hydrogen-bond donors (Lipinski definition) is 1. The predicted octanol–water partition coefficient (Wildman–Crippen LogP) is 3.00. The van der Waals surface area contributed by atoms with E-state index in [0.717, 1.165) is 30.2 Å². The van der Waals surface area contributed by atoms with Crippen LogP contribution in [0.5, 0.6) is 0 Å². The van der Waals surface area contributed by atoms with Crippen molar-refractivity contribution in [3.05, 3.63) is 53.7 Å². The van der Waals surface area contributed by atoms with Gasteiger partial charge in [0.2, 0.25) is 0 Å². The van der Waals surface area contributed by atoms with Crippen molar-refractivity contribution in [3.8, 4) is 0 Å². The molecule has 2 rings (SSSR count). The van der Waals surface area contributed by atoms with Crippen LogP contribution in [-0.2, 0) is 6.54 Å². The molecule has 18 heavy (non-hydrogen) atoms. The third-order valence-corrected chi connectivity index (χ3v) is 3.06. The first-order valence-electron chi connectivity index (χ1n) is 6.21. The molecule has 0 fully saturated rings. The molecule has 0 bridgehead atoms. The monoisotopic (exact) mass is 241 g/mol. The second kappa shape index (κ2) is 5.54. The first-order valence-corrected chi connectivity index (χ1v) is 6.21. The lowest BCUT2D eigenvalue weighted by Gasteiger charge is -2.22. The van der Waals surface area contributed by atoms with Crippen LogP contribution in [0.25, 0.3) is 0 Å². The molecule has 94 valence electrons. The summed E-state index contributed by atoms with van der Waals surface area (Å²) in [5.74, 6) is 0.980. The van der Waals surface area contributed by atoms with Gasteiger partial charge < -0.3 is 10.6 Å². The van der Waals surface area contributed by atoms with Crippen LogP contribution in [0.2, 0.25) is 0 Å². The van der Waals surface area contributed by atoms with E-state index < -0.39 is 0 Å². The summed E-state index contributed by atoms with van der Waals surface area (Å²) >= 11 is 0. The molecule has 3 heteroatoms. The highest BCUT2D eigenvalue weighted by Crippen LogP contribution is 2.18. The zero-order chi connectivity index (χ0) is 13.0. The molecular formula is C15H19N3. The van der Waals surface area contributed by atoms with Gasteiger partial charge >= 0.3 is 0 Å². The molecule has 0 unspecified atom stereocenters. The number of pyridine rings is 1. The molecule has 0 saturated carbocycles. The smallest absolute Gasteiger partial charge is 0.129 e. The number of nitrogens with two attached hydrogens (primary N) is 1. The van der Waals surface area contributed by atoms with Gasteiger partial charge in [-0.2, -0.15) is 0 Å². The largest absolute Gasteiger partial charge is 0.397 e. The SMILES string of the molecule is CCN(Cc1ccccc1)c1cc(C)c(N)cn1. The number of rotatable bonds is 4. The average molecular weight is 241 g/mol. The Kier molecular flexibility index (Phi) is 3.82. The molecule has 0 spiro atoms. The minimum atomic E-state index is 0.745. The van der Waals surface area contributed by atoms with Gasteiger partial charge in [0.15, 0.2) is 0 Å². The van der Waals surface area contributed by atoms with Crippen LogP contribution in [0, 0.1) is 6.92 Å². The highest BCUT2D eigenvalue weighted by atomic mass is 15.2. The summed E-state index contributed by atoms with van der Waals surface area (Å²) in [7, 11) is 0. The Morgan fingerprint density at radius 3 is 2.56 bits per heavy atom. The Labute approximate surface area is 108 Å². The summed E-state index contributed by atoms with van der Waals surface area (Å²) < 4.78 is 0. The van der Waals surface area contributed by atoms with Crippen molar-refractivity contribution in [2.24, 2.45) is 0 Å². The van der Waals surface area contributed by atoms with Crippen molar-refractivity contribution >= 4 is 11.5 Å². The molecule has 0 aliphatic heterocycles. The lowest BCUT2D eigenvalue weighted by atomic mass is 10.2. The summed E-state index contributed by atoms with van der Waals surface area (Å²) in [6.45, 7) is 5.94. The van der Waals surface area contributed by atoms with Crippen LogP contribution in [0.15, 0.2) is 42.6 Å². The van der Waals surface area contributed by atoms with E-state index in [1.54, 1.807) is 6.20 Å². The van der Waals surface area contributed by atoms with Gasteiger partial charge in [-0.05, 0) is 31.0 Å². The van der Waals surface area contributed by atoms with Crippen molar-refractivity contribution in [1.82, 2.24) is 4.98 Å². The molecular weight excluding hydrogens is 222 g/mol. The minimum Gasteiger partial charge on any atom is -0.397 e. The van der Waals surface area contributed by atoms with E-state index in [1.807, 2.05) is 19.1 Å². The summed E-state index contributed by atoms with van der Waals surface area (Å²) in [6, 6.07) is 12.5. The molecule has 2 N–H and O–H groups in total. The fraction of sp³-hybridized carbons (Fsp3) is 0.267. The number of aromatic nitrogens is 1. The first-order chi connectivity index (χ1) is 8.70. The van der Waals surface area contributed by atoms with E-state index in [2.05, 4.69) is 41.1 Å². The number of benzene rings is 1. The van der Waals surface area contributed by atoms with Gasteiger partial charge in [0, 0.05) is 13.1 Å². The number of anilines is 2. The third-order valence-electron chi connectivity index (χ3n) is 3.06. The van der Waals surface area contributed by atoms with Gasteiger partial charge in [-0.3, -0.25) is 0 Å². The molecule has 0 atom stereocenters. The molecule has 1 aromatic heterocycles. The van der Waals surface area contributed by atoms with E-state index >= 15 is 0 Å². The van der Waals surface area contributed by atoms with Crippen molar-refractivity contribution < 1.29 is 0 Å². The van der Waals surface area contributed by atoms with Gasteiger partial charge in [0.05, 0.1) is 11.9 Å². The summed E-state index contributed by atoms with van der Waals surface area (Å²) in [5, 5.41) is 0. The second-order valence-electron chi connectivity index (χ2n) is 4.40. The quantitative estimate of drug-likeness (QED) is 0.894. The molecule has 0 amide bonds. The van der Waals surface area contributed by atoms with Gasteiger partial charge in [-0.1, -0.05) is 30.3 Å². The maximum atomic E-state index is 5.80. The molecule has 2 aromatic rings. The maximum Gasteiger partial charge on any atom is 0.129 e. The van der Waals surface area contributed by atoms with Crippen LogP contribution in [0.1, 0.15) is 18.1 Å². The van der Waals surface area contributed by atoms with Crippen LogP contribution >= 0.6 is 0 Å². The minimum absolute atomic E-state index is 0.745. The highest BCUT2D eigenvalue weighted by Gasteiger charge is 2.07. The Hall–Kier alpha value is -2.03. The van der Waals surface area contributed by atoms with Crippen LogP contribution in [0.4, 0.5) is 11.5 Å². The number of aryl methyl sites for hydroxylation is 1. The Bertz CT molecular complexity index is 508.